The van der Waals surface area contributed by atoms with Crippen molar-refractivity contribution in [3.05, 3.63) is 42.2 Å². The Bertz CT molecular complexity index is 621. The van der Waals surface area contributed by atoms with Crippen LogP contribution in [0.2, 0.25) is 0 Å². The molecule has 2 heterocycles. The number of benzene rings is 1. The van der Waals surface area contributed by atoms with Crippen LogP contribution in [0.1, 0.15) is 18.6 Å². The molecule has 0 bridgehead atoms. The topological polar surface area (TPSA) is 28.9 Å². The van der Waals surface area contributed by atoms with Crippen molar-refractivity contribution in [1.29, 1.82) is 0 Å². The van der Waals surface area contributed by atoms with E-state index in [1.165, 1.54) is 19.4 Å². The van der Waals surface area contributed by atoms with Crippen molar-refractivity contribution in [3.63, 3.8) is 0 Å². The highest BCUT2D eigenvalue weighted by atomic mass is 16.5. The molecule has 0 saturated carbocycles. The molecule has 1 aliphatic heterocycles. The zero-order chi connectivity index (χ0) is 16.2. The van der Waals surface area contributed by atoms with Gasteiger partial charge in [0.25, 0.3) is 0 Å². The number of ether oxygens (including phenoxy) is 1. The van der Waals surface area contributed by atoms with Crippen molar-refractivity contribution in [1.82, 2.24) is 9.80 Å². The van der Waals surface area contributed by atoms with Crippen LogP contribution in [0.4, 0.5) is 0 Å². The van der Waals surface area contributed by atoms with Gasteiger partial charge in [0.2, 0.25) is 0 Å². The van der Waals surface area contributed by atoms with E-state index in [0.717, 1.165) is 35.9 Å². The maximum Gasteiger partial charge on any atom is 0.134 e. The summed E-state index contributed by atoms with van der Waals surface area (Å²) in [7, 11) is 6.07. The van der Waals surface area contributed by atoms with Gasteiger partial charge in [-0.1, -0.05) is 0 Å². The Morgan fingerprint density at radius 3 is 2.65 bits per heavy atom. The first-order valence-corrected chi connectivity index (χ1v) is 8.27. The Hall–Kier alpha value is -1.78. The van der Waals surface area contributed by atoms with E-state index in [9.17, 15) is 0 Å². The number of hydrogen-bond donors (Lipinski definition) is 0. The van der Waals surface area contributed by atoms with E-state index in [4.69, 9.17) is 9.15 Å². The summed E-state index contributed by atoms with van der Waals surface area (Å²) in [4.78, 5) is 4.81. The molecule has 1 aliphatic rings. The molecule has 4 heteroatoms. The molecule has 0 aliphatic carbocycles. The van der Waals surface area contributed by atoms with Crippen LogP contribution in [-0.2, 0) is 6.54 Å². The molecule has 1 saturated heterocycles. The number of likely N-dealkylation sites (N-methyl/N-ethyl adjacent to an activating group) is 2. The van der Waals surface area contributed by atoms with Crippen molar-refractivity contribution >= 4 is 0 Å². The van der Waals surface area contributed by atoms with Gasteiger partial charge in [0, 0.05) is 18.2 Å². The fourth-order valence-electron chi connectivity index (χ4n) is 3.27. The molecule has 4 nitrogen and oxygen atoms in total. The highest BCUT2D eigenvalue weighted by molar-refractivity contribution is 5.58. The summed E-state index contributed by atoms with van der Waals surface area (Å²) < 4.78 is 11.2. The third-order valence-electron chi connectivity index (χ3n) is 4.66. The fraction of sp³-hybridized carbons (Fsp3) is 0.474. The van der Waals surface area contributed by atoms with E-state index in [0.29, 0.717) is 6.04 Å². The molecular weight excluding hydrogens is 288 g/mol. The van der Waals surface area contributed by atoms with Crippen molar-refractivity contribution in [2.45, 2.75) is 25.4 Å². The average molecular weight is 314 g/mol. The molecule has 1 atom stereocenters. The molecule has 3 rings (SSSR count). The predicted octanol–water partition coefficient (Wildman–Crippen LogP) is 3.48. The van der Waals surface area contributed by atoms with Gasteiger partial charge in [0.05, 0.1) is 13.7 Å². The van der Waals surface area contributed by atoms with Crippen LogP contribution in [0.15, 0.2) is 40.8 Å². The Balaban J connectivity index is 1.60. The molecule has 23 heavy (non-hydrogen) atoms. The van der Waals surface area contributed by atoms with Crippen LogP contribution in [0.5, 0.6) is 5.75 Å². The number of hydrogen-bond acceptors (Lipinski definition) is 4. The molecule has 2 aromatic rings. The summed E-state index contributed by atoms with van der Waals surface area (Å²) in [6.07, 6.45) is 2.62. The monoisotopic (exact) mass is 314 g/mol. The summed E-state index contributed by atoms with van der Waals surface area (Å²) in [5, 5.41) is 0. The van der Waals surface area contributed by atoms with Crippen LogP contribution in [0, 0.1) is 0 Å². The van der Waals surface area contributed by atoms with Gasteiger partial charge in [-0.15, -0.1) is 0 Å². The molecule has 0 amide bonds. The van der Waals surface area contributed by atoms with Gasteiger partial charge in [-0.3, -0.25) is 4.90 Å². The second kappa shape index (κ2) is 7.20. The lowest BCUT2D eigenvalue weighted by Gasteiger charge is -2.25. The van der Waals surface area contributed by atoms with Crippen LogP contribution in [0.3, 0.4) is 0 Å². The van der Waals surface area contributed by atoms with Gasteiger partial charge in [0.15, 0.2) is 0 Å². The first kappa shape index (κ1) is 16.1. The van der Waals surface area contributed by atoms with E-state index < -0.39 is 0 Å². The predicted molar refractivity (Wildman–Crippen MR) is 92.7 cm³/mol. The molecule has 124 valence electrons. The Morgan fingerprint density at radius 1 is 1.22 bits per heavy atom. The average Bonchev–Trinajstić information content (AvgIpc) is 3.17. The zero-order valence-electron chi connectivity index (χ0n) is 14.3. The molecule has 0 N–H and O–H groups in total. The second-order valence-electron chi connectivity index (χ2n) is 6.47. The molecule has 0 spiro atoms. The Kier molecular flexibility index (Phi) is 5.03. The lowest BCUT2D eigenvalue weighted by molar-refractivity contribution is 0.206. The summed E-state index contributed by atoms with van der Waals surface area (Å²) in [6.45, 7) is 3.16. The molecule has 0 radical (unpaired) electrons. The van der Waals surface area contributed by atoms with E-state index in [1.807, 2.05) is 30.3 Å². The first-order chi connectivity index (χ1) is 11.2. The Morgan fingerprint density at radius 2 is 2.00 bits per heavy atom. The molecule has 1 aromatic carbocycles. The number of methoxy groups -OCH3 is 1. The van der Waals surface area contributed by atoms with Gasteiger partial charge in [0.1, 0.15) is 17.3 Å². The highest BCUT2D eigenvalue weighted by Gasteiger charge is 2.22. The molecular formula is C19H26N2O2. The van der Waals surface area contributed by atoms with Crippen LogP contribution >= 0.6 is 0 Å². The molecule has 1 unspecified atom stereocenters. The summed E-state index contributed by atoms with van der Waals surface area (Å²) in [5.74, 6) is 2.79. The Labute approximate surface area is 138 Å². The third kappa shape index (κ3) is 3.95. The minimum Gasteiger partial charge on any atom is -0.497 e. The van der Waals surface area contributed by atoms with Crippen molar-refractivity contribution in [2.75, 3.05) is 34.3 Å². The smallest absolute Gasteiger partial charge is 0.134 e. The maximum atomic E-state index is 6.01. The van der Waals surface area contributed by atoms with E-state index in [2.05, 4.69) is 30.0 Å². The quantitative estimate of drug-likeness (QED) is 0.816. The highest BCUT2D eigenvalue weighted by Crippen LogP contribution is 2.25. The summed E-state index contributed by atoms with van der Waals surface area (Å²) in [5.41, 5.74) is 1.08. The van der Waals surface area contributed by atoms with Crippen molar-refractivity contribution in [3.8, 4) is 17.1 Å². The number of likely N-dealkylation sites (tertiary alicyclic amines) is 1. The van der Waals surface area contributed by atoms with Gasteiger partial charge >= 0.3 is 0 Å². The third-order valence-corrected chi connectivity index (χ3v) is 4.66. The minimum absolute atomic E-state index is 0.677. The van der Waals surface area contributed by atoms with E-state index in [1.54, 1.807) is 7.11 Å². The van der Waals surface area contributed by atoms with Crippen molar-refractivity contribution < 1.29 is 9.15 Å². The number of rotatable bonds is 6. The van der Waals surface area contributed by atoms with Crippen LogP contribution < -0.4 is 4.74 Å². The zero-order valence-corrected chi connectivity index (χ0v) is 14.3. The van der Waals surface area contributed by atoms with Crippen molar-refractivity contribution in [2.24, 2.45) is 0 Å². The van der Waals surface area contributed by atoms with Gasteiger partial charge in [-0.05, 0) is 69.9 Å². The van der Waals surface area contributed by atoms with E-state index in [-0.39, 0.29) is 0 Å². The van der Waals surface area contributed by atoms with Gasteiger partial charge in [-0.2, -0.15) is 0 Å². The van der Waals surface area contributed by atoms with Crippen LogP contribution in [-0.4, -0.2) is 50.1 Å². The fourth-order valence-corrected chi connectivity index (χ4v) is 3.27. The SMILES string of the molecule is COc1ccc(-c2ccc(CN(C)CC3CCCN3C)o2)cc1. The number of furan rings is 1. The molecule has 1 aromatic heterocycles. The lowest BCUT2D eigenvalue weighted by atomic mass is 10.2. The lowest BCUT2D eigenvalue weighted by Crippen LogP contribution is -2.36. The van der Waals surface area contributed by atoms with Gasteiger partial charge < -0.3 is 14.1 Å². The standard InChI is InChI=1S/C19H26N2O2/c1-20(13-16-5-4-12-21(16)2)14-18-10-11-19(23-18)15-6-8-17(22-3)9-7-15/h6-11,16H,4-5,12-14H2,1-3H3. The van der Waals surface area contributed by atoms with E-state index >= 15 is 0 Å². The summed E-state index contributed by atoms with van der Waals surface area (Å²) >= 11 is 0. The largest absolute Gasteiger partial charge is 0.497 e. The molecule has 1 fully saturated rings. The maximum absolute atomic E-state index is 6.01. The second-order valence-corrected chi connectivity index (χ2v) is 6.47. The number of nitrogens with zero attached hydrogens (tertiary/aromatic N) is 2. The summed E-state index contributed by atoms with van der Waals surface area (Å²) in [6, 6.07) is 12.8. The first-order valence-electron chi connectivity index (χ1n) is 8.27. The van der Waals surface area contributed by atoms with Gasteiger partial charge in [-0.25, -0.2) is 0 Å². The minimum atomic E-state index is 0.677. The normalized spacial score (nSPS) is 18.7. The van der Waals surface area contributed by atoms with Crippen LogP contribution in [0.25, 0.3) is 11.3 Å².